The molecule has 0 aliphatic heterocycles. The fraction of sp³-hybridized carbons (Fsp3) is 0.692. The van der Waals surface area contributed by atoms with Crippen LogP contribution < -0.4 is 5.32 Å². The molecule has 1 saturated carbocycles. The zero-order valence-electron chi connectivity index (χ0n) is 10.6. The van der Waals surface area contributed by atoms with Crippen LogP contribution in [0.2, 0.25) is 0 Å². The predicted molar refractivity (Wildman–Crippen MR) is 73.2 cm³/mol. The first-order valence-electron chi connectivity index (χ1n) is 6.41. The first-order valence-corrected chi connectivity index (χ1v) is 7.46. The minimum Gasteiger partial charge on any atom is -0.308 e. The third-order valence-corrected chi connectivity index (χ3v) is 4.43. The molecule has 3 nitrogen and oxygen atoms in total. The molecule has 1 N–H and O–H groups in total. The van der Waals surface area contributed by atoms with Gasteiger partial charge >= 0.3 is 0 Å². The average Bonchev–Trinajstić information content (AvgIpc) is 2.75. The van der Waals surface area contributed by atoms with Crippen LogP contribution >= 0.6 is 11.8 Å². The molecule has 0 saturated heterocycles. The maximum Gasteiger partial charge on any atom is 0.125 e. The largest absolute Gasteiger partial charge is 0.308 e. The smallest absolute Gasteiger partial charge is 0.125 e. The van der Waals surface area contributed by atoms with E-state index in [1.165, 1.54) is 25.0 Å². The summed E-state index contributed by atoms with van der Waals surface area (Å²) in [6.45, 7) is 5.06. The highest BCUT2D eigenvalue weighted by molar-refractivity contribution is 7.99. The number of nitrogens with one attached hydrogen (secondary N) is 1. The Bertz CT molecular complexity index is 356. The lowest BCUT2D eigenvalue weighted by Crippen LogP contribution is -2.26. The zero-order chi connectivity index (χ0) is 12.1. The van der Waals surface area contributed by atoms with E-state index in [1.807, 2.05) is 19.2 Å². The molecule has 2 atom stereocenters. The van der Waals surface area contributed by atoms with Gasteiger partial charge < -0.3 is 5.32 Å². The van der Waals surface area contributed by atoms with Gasteiger partial charge in [0.25, 0.3) is 0 Å². The Morgan fingerprint density at radius 1 is 1.47 bits per heavy atom. The molecule has 1 fully saturated rings. The maximum atomic E-state index is 4.41. The number of hydrogen-bond acceptors (Lipinski definition) is 4. The zero-order valence-corrected chi connectivity index (χ0v) is 11.5. The molecule has 0 aromatic carbocycles. The normalized spacial score (nSPS) is 24.1. The molecule has 4 heteroatoms. The summed E-state index contributed by atoms with van der Waals surface area (Å²) in [6.07, 6.45) is 5.81. The van der Waals surface area contributed by atoms with Gasteiger partial charge in [0.05, 0.1) is 5.69 Å². The van der Waals surface area contributed by atoms with Crippen LogP contribution in [0.1, 0.15) is 37.7 Å². The summed E-state index contributed by atoms with van der Waals surface area (Å²) in [7, 11) is 0. The topological polar surface area (TPSA) is 37.8 Å². The standard InChI is InChI=1S/C13H21N3S/c1-3-17-13-5-4-11(8-13)15-9-12-6-7-14-10(2)16-12/h6-7,11,13,15H,3-5,8-9H2,1-2H3. The second-order valence-corrected chi connectivity index (χ2v) is 6.14. The van der Waals surface area contributed by atoms with Crippen molar-refractivity contribution in [3.05, 3.63) is 23.8 Å². The van der Waals surface area contributed by atoms with Gasteiger partial charge in [0.15, 0.2) is 0 Å². The number of aryl methyl sites for hydroxylation is 1. The Kier molecular flexibility index (Phi) is 4.80. The number of hydrogen-bond donors (Lipinski definition) is 1. The highest BCUT2D eigenvalue weighted by atomic mass is 32.2. The lowest BCUT2D eigenvalue weighted by Gasteiger charge is -2.12. The molecule has 1 aliphatic carbocycles. The minimum absolute atomic E-state index is 0.675. The minimum atomic E-state index is 0.675. The van der Waals surface area contributed by atoms with Gasteiger partial charge in [0.1, 0.15) is 5.82 Å². The van der Waals surface area contributed by atoms with Crippen molar-refractivity contribution in [1.82, 2.24) is 15.3 Å². The van der Waals surface area contributed by atoms with Crippen molar-refractivity contribution >= 4 is 11.8 Å². The molecule has 1 aromatic rings. The van der Waals surface area contributed by atoms with E-state index in [-0.39, 0.29) is 0 Å². The fourth-order valence-electron chi connectivity index (χ4n) is 2.37. The number of rotatable bonds is 5. The first kappa shape index (κ1) is 12.8. The SMILES string of the molecule is CCSC1CCC(NCc2ccnc(C)n2)C1. The lowest BCUT2D eigenvalue weighted by atomic mass is 10.2. The van der Waals surface area contributed by atoms with Crippen molar-refractivity contribution in [3.8, 4) is 0 Å². The summed E-state index contributed by atoms with van der Waals surface area (Å²) >= 11 is 2.10. The van der Waals surface area contributed by atoms with Gasteiger partial charge in [-0.15, -0.1) is 0 Å². The van der Waals surface area contributed by atoms with Crippen molar-refractivity contribution in [2.24, 2.45) is 0 Å². The van der Waals surface area contributed by atoms with Crippen LogP contribution in [0, 0.1) is 6.92 Å². The monoisotopic (exact) mass is 251 g/mol. The Morgan fingerprint density at radius 2 is 2.35 bits per heavy atom. The van der Waals surface area contributed by atoms with Crippen LogP contribution in [0.3, 0.4) is 0 Å². The van der Waals surface area contributed by atoms with Gasteiger partial charge in [-0.05, 0) is 38.0 Å². The van der Waals surface area contributed by atoms with Gasteiger partial charge in [-0.1, -0.05) is 6.92 Å². The molecule has 2 unspecified atom stereocenters. The quantitative estimate of drug-likeness (QED) is 0.873. The van der Waals surface area contributed by atoms with Crippen molar-refractivity contribution < 1.29 is 0 Å². The van der Waals surface area contributed by atoms with E-state index in [2.05, 4.69) is 34.0 Å². The predicted octanol–water partition coefficient (Wildman–Crippen LogP) is 2.55. The summed E-state index contributed by atoms with van der Waals surface area (Å²) < 4.78 is 0. The molecule has 17 heavy (non-hydrogen) atoms. The van der Waals surface area contributed by atoms with Gasteiger partial charge in [0.2, 0.25) is 0 Å². The van der Waals surface area contributed by atoms with Gasteiger partial charge in [-0.25, -0.2) is 9.97 Å². The Labute approximate surface area is 108 Å². The summed E-state index contributed by atoms with van der Waals surface area (Å²) in [5.74, 6) is 2.10. The van der Waals surface area contributed by atoms with Crippen LogP contribution in [0.4, 0.5) is 0 Å². The van der Waals surface area contributed by atoms with Gasteiger partial charge in [0, 0.05) is 24.0 Å². The third-order valence-electron chi connectivity index (χ3n) is 3.19. The maximum absolute atomic E-state index is 4.41. The number of nitrogens with zero attached hydrogens (tertiary/aromatic N) is 2. The second-order valence-electron chi connectivity index (χ2n) is 4.56. The molecular weight excluding hydrogens is 230 g/mol. The van der Waals surface area contributed by atoms with E-state index in [1.54, 1.807) is 0 Å². The van der Waals surface area contributed by atoms with Crippen molar-refractivity contribution in [3.63, 3.8) is 0 Å². The number of aromatic nitrogens is 2. The second kappa shape index (κ2) is 6.36. The van der Waals surface area contributed by atoms with Crippen molar-refractivity contribution in [1.29, 1.82) is 0 Å². The molecule has 0 amide bonds. The molecule has 1 aliphatic rings. The van der Waals surface area contributed by atoms with E-state index >= 15 is 0 Å². The summed E-state index contributed by atoms with van der Waals surface area (Å²) in [5.41, 5.74) is 1.10. The van der Waals surface area contributed by atoms with Crippen molar-refractivity contribution in [2.75, 3.05) is 5.75 Å². The van der Waals surface area contributed by atoms with Gasteiger partial charge in [-0.2, -0.15) is 11.8 Å². The average molecular weight is 251 g/mol. The molecule has 1 aromatic heterocycles. The first-order chi connectivity index (χ1) is 8.28. The van der Waals surface area contributed by atoms with E-state index in [0.717, 1.165) is 23.3 Å². The van der Waals surface area contributed by atoms with Crippen LogP contribution in [0.5, 0.6) is 0 Å². The van der Waals surface area contributed by atoms with Crippen molar-refractivity contribution in [2.45, 2.75) is 50.9 Å². The fourth-order valence-corrected chi connectivity index (χ4v) is 3.51. The lowest BCUT2D eigenvalue weighted by molar-refractivity contribution is 0.519. The third kappa shape index (κ3) is 3.96. The van der Waals surface area contributed by atoms with Crippen LogP contribution in [0.25, 0.3) is 0 Å². The molecule has 0 bridgehead atoms. The number of thioether (sulfide) groups is 1. The van der Waals surface area contributed by atoms with Gasteiger partial charge in [-0.3, -0.25) is 0 Å². The molecule has 1 heterocycles. The van der Waals surface area contributed by atoms with E-state index in [4.69, 9.17) is 0 Å². The summed E-state index contributed by atoms with van der Waals surface area (Å²) in [6, 6.07) is 2.67. The molecule has 0 spiro atoms. The Hall–Kier alpha value is -0.610. The highest BCUT2D eigenvalue weighted by Gasteiger charge is 2.23. The molecular formula is C13H21N3S. The van der Waals surface area contributed by atoms with Crippen LogP contribution in [-0.2, 0) is 6.54 Å². The van der Waals surface area contributed by atoms with Crippen LogP contribution in [0.15, 0.2) is 12.3 Å². The summed E-state index contributed by atoms with van der Waals surface area (Å²) in [4.78, 5) is 8.52. The van der Waals surface area contributed by atoms with Crippen LogP contribution in [-0.4, -0.2) is 27.0 Å². The highest BCUT2D eigenvalue weighted by Crippen LogP contribution is 2.29. The summed E-state index contributed by atoms with van der Waals surface area (Å²) in [5, 5.41) is 4.48. The molecule has 2 rings (SSSR count). The molecule has 0 radical (unpaired) electrons. The van der Waals surface area contributed by atoms with E-state index < -0.39 is 0 Å². The molecule has 94 valence electrons. The van der Waals surface area contributed by atoms with E-state index in [0.29, 0.717) is 6.04 Å². The Morgan fingerprint density at radius 3 is 3.12 bits per heavy atom. The van der Waals surface area contributed by atoms with E-state index in [9.17, 15) is 0 Å². The Balaban J connectivity index is 1.76.